The van der Waals surface area contributed by atoms with E-state index < -0.39 is 17.7 Å². The van der Waals surface area contributed by atoms with Gasteiger partial charge in [0.25, 0.3) is 0 Å². The molecule has 1 aromatic carbocycles. The molecule has 160 valence electrons. The average molecular weight is 412 g/mol. The number of carboxylic acids is 1. The first-order chi connectivity index (χ1) is 14.5. The van der Waals surface area contributed by atoms with Gasteiger partial charge in [0.15, 0.2) is 11.7 Å². The summed E-state index contributed by atoms with van der Waals surface area (Å²) < 4.78 is 21.7. The minimum absolute atomic E-state index is 0.314. The van der Waals surface area contributed by atoms with Crippen molar-refractivity contribution in [1.82, 2.24) is 0 Å². The number of aliphatic carboxylic acids is 1. The van der Waals surface area contributed by atoms with Crippen molar-refractivity contribution in [2.45, 2.75) is 31.5 Å². The van der Waals surface area contributed by atoms with Crippen LogP contribution in [0.3, 0.4) is 0 Å². The number of benzene rings is 1. The summed E-state index contributed by atoms with van der Waals surface area (Å²) in [5, 5.41) is 9.16. The quantitative estimate of drug-likeness (QED) is 0.593. The molecule has 0 saturated heterocycles. The summed E-state index contributed by atoms with van der Waals surface area (Å²) in [6.07, 6.45) is 9.27. The van der Waals surface area contributed by atoms with Crippen LogP contribution in [0.4, 0.5) is 0 Å². The van der Waals surface area contributed by atoms with Gasteiger partial charge in [0.2, 0.25) is 0 Å². The van der Waals surface area contributed by atoms with Crippen molar-refractivity contribution in [3.8, 4) is 17.6 Å². The summed E-state index contributed by atoms with van der Waals surface area (Å²) in [4.78, 5) is 11.2. The maximum Gasteiger partial charge on any atom is 0.333 e. The molecule has 1 aliphatic rings. The zero-order chi connectivity index (χ0) is 21.8. The lowest BCUT2D eigenvalue weighted by Gasteiger charge is -2.26. The number of carboxylic acid groups (broad SMARTS) is 1. The third-order valence-corrected chi connectivity index (χ3v) is 4.53. The van der Waals surface area contributed by atoms with E-state index in [2.05, 4.69) is 11.8 Å². The second-order valence-electron chi connectivity index (χ2n) is 6.58. The van der Waals surface area contributed by atoms with Crippen LogP contribution >= 0.6 is 0 Å². The fraction of sp³-hybridized carbons (Fsp3) is 0.375. The van der Waals surface area contributed by atoms with Gasteiger partial charge in [0.05, 0.1) is 12.9 Å². The van der Waals surface area contributed by atoms with E-state index in [0.717, 1.165) is 11.3 Å². The molecule has 0 aliphatic heterocycles. The van der Waals surface area contributed by atoms with Gasteiger partial charge in [-0.25, -0.2) is 4.79 Å². The Kier molecular flexibility index (Phi) is 9.20. The molecular weight excluding hydrogens is 384 g/mol. The standard InChI is InChI=1S/C24H28O6/c1-4-29-22(23(25)26)17-19-10-12-20(13-11-19)30-16-7-5-6-14-24(28-3)15-8-9-21(18-24)27-2/h5,7-13,15,22H,4,16-18H2,1-3H3,(H,25,26)/b7-5-/t22-,24?/m0/s1. The smallest absolute Gasteiger partial charge is 0.333 e. The second-order valence-corrected chi connectivity index (χ2v) is 6.58. The Morgan fingerprint density at radius 3 is 2.70 bits per heavy atom. The molecule has 6 nitrogen and oxygen atoms in total. The van der Waals surface area contributed by atoms with Gasteiger partial charge in [-0.2, -0.15) is 0 Å². The highest BCUT2D eigenvalue weighted by Crippen LogP contribution is 2.26. The van der Waals surface area contributed by atoms with Crippen molar-refractivity contribution in [2.75, 3.05) is 27.4 Å². The van der Waals surface area contributed by atoms with Crippen LogP contribution in [0, 0.1) is 11.8 Å². The maximum absolute atomic E-state index is 11.2. The van der Waals surface area contributed by atoms with E-state index in [0.29, 0.717) is 31.8 Å². The number of allylic oxidation sites excluding steroid dienone is 3. The van der Waals surface area contributed by atoms with E-state index in [-0.39, 0.29) is 0 Å². The van der Waals surface area contributed by atoms with Crippen LogP contribution in [0.2, 0.25) is 0 Å². The van der Waals surface area contributed by atoms with Crippen LogP contribution in [0.15, 0.2) is 60.4 Å². The summed E-state index contributed by atoms with van der Waals surface area (Å²) in [5.41, 5.74) is 0.190. The lowest BCUT2D eigenvalue weighted by Crippen LogP contribution is -2.29. The molecule has 0 saturated carbocycles. The van der Waals surface area contributed by atoms with E-state index in [4.69, 9.17) is 24.1 Å². The third-order valence-electron chi connectivity index (χ3n) is 4.53. The zero-order valence-electron chi connectivity index (χ0n) is 17.6. The normalized spacial score (nSPS) is 19.0. The molecule has 1 N–H and O–H groups in total. The molecule has 30 heavy (non-hydrogen) atoms. The lowest BCUT2D eigenvalue weighted by molar-refractivity contribution is -0.149. The monoisotopic (exact) mass is 412 g/mol. The van der Waals surface area contributed by atoms with Gasteiger partial charge in [-0.1, -0.05) is 30.0 Å². The summed E-state index contributed by atoms with van der Waals surface area (Å²) in [5.74, 6) is 6.65. The number of methoxy groups -OCH3 is 2. The fourth-order valence-corrected chi connectivity index (χ4v) is 2.87. The Morgan fingerprint density at radius 2 is 2.07 bits per heavy atom. The Balaban J connectivity index is 1.84. The van der Waals surface area contributed by atoms with Crippen LogP contribution in [0.25, 0.3) is 0 Å². The van der Waals surface area contributed by atoms with Gasteiger partial charge in [-0.05, 0) is 48.9 Å². The number of rotatable bonds is 10. The third kappa shape index (κ3) is 7.11. The Hall–Kier alpha value is -3.01. The maximum atomic E-state index is 11.2. The number of ether oxygens (including phenoxy) is 4. The van der Waals surface area contributed by atoms with Gasteiger partial charge < -0.3 is 24.1 Å². The lowest BCUT2D eigenvalue weighted by atomic mass is 9.94. The topological polar surface area (TPSA) is 74.2 Å². The van der Waals surface area contributed by atoms with Gasteiger partial charge in [-0.3, -0.25) is 0 Å². The SMILES string of the molecule is CCO[C@@H](Cc1ccc(OC/C=C\C#CC2(OC)C=CC=C(OC)C2)cc1)C(=O)O. The number of carbonyl (C=O) groups is 1. The van der Waals surface area contributed by atoms with Crippen LogP contribution in [-0.4, -0.2) is 50.2 Å². The first kappa shape index (κ1) is 23.3. The molecule has 1 unspecified atom stereocenters. The molecule has 0 bridgehead atoms. The Labute approximate surface area is 177 Å². The highest BCUT2D eigenvalue weighted by atomic mass is 16.5. The summed E-state index contributed by atoms with van der Waals surface area (Å²) >= 11 is 0. The van der Waals surface area contributed by atoms with Crippen LogP contribution in [-0.2, 0) is 25.4 Å². The van der Waals surface area contributed by atoms with Gasteiger partial charge in [-0.15, -0.1) is 0 Å². The molecule has 0 amide bonds. The second kappa shape index (κ2) is 11.9. The summed E-state index contributed by atoms with van der Waals surface area (Å²) in [7, 11) is 3.26. The highest BCUT2D eigenvalue weighted by molar-refractivity contribution is 5.72. The van der Waals surface area contributed by atoms with E-state index in [1.165, 1.54) is 0 Å². The number of hydrogen-bond acceptors (Lipinski definition) is 5. The molecule has 1 aliphatic carbocycles. The Morgan fingerprint density at radius 1 is 1.30 bits per heavy atom. The first-order valence-electron chi connectivity index (χ1n) is 9.73. The highest BCUT2D eigenvalue weighted by Gasteiger charge is 2.28. The molecule has 0 heterocycles. The van der Waals surface area contributed by atoms with E-state index >= 15 is 0 Å². The fourth-order valence-electron chi connectivity index (χ4n) is 2.87. The molecule has 6 heteroatoms. The van der Waals surface area contributed by atoms with Crippen molar-refractivity contribution in [3.05, 3.63) is 66.0 Å². The summed E-state index contributed by atoms with van der Waals surface area (Å²) in [6.45, 7) is 2.50. The van der Waals surface area contributed by atoms with Crippen LogP contribution < -0.4 is 4.74 Å². The van der Waals surface area contributed by atoms with Gasteiger partial charge >= 0.3 is 5.97 Å². The largest absolute Gasteiger partial charge is 0.501 e. The van der Waals surface area contributed by atoms with Crippen molar-refractivity contribution >= 4 is 5.97 Å². The molecular formula is C24H28O6. The molecule has 0 fully saturated rings. The van der Waals surface area contributed by atoms with Crippen molar-refractivity contribution in [3.63, 3.8) is 0 Å². The predicted octanol–water partition coefficient (Wildman–Crippen LogP) is 3.53. The Bertz CT molecular complexity index is 841. The predicted molar refractivity (Wildman–Crippen MR) is 114 cm³/mol. The van der Waals surface area contributed by atoms with Crippen LogP contribution in [0.1, 0.15) is 18.9 Å². The van der Waals surface area contributed by atoms with Gasteiger partial charge in [0, 0.05) is 26.6 Å². The van der Waals surface area contributed by atoms with Crippen molar-refractivity contribution < 1.29 is 28.8 Å². The van der Waals surface area contributed by atoms with Crippen LogP contribution in [0.5, 0.6) is 5.75 Å². The summed E-state index contributed by atoms with van der Waals surface area (Å²) in [6, 6.07) is 7.30. The molecule has 2 rings (SSSR count). The molecule has 2 atom stereocenters. The zero-order valence-corrected chi connectivity index (χ0v) is 17.6. The first-order valence-corrected chi connectivity index (χ1v) is 9.73. The molecule has 0 spiro atoms. The van der Waals surface area contributed by atoms with E-state index in [9.17, 15) is 4.79 Å². The van der Waals surface area contributed by atoms with E-state index in [1.54, 1.807) is 27.2 Å². The van der Waals surface area contributed by atoms with E-state index in [1.807, 2.05) is 48.6 Å². The average Bonchev–Trinajstić information content (AvgIpc) is 2.77. The minimum atomic E-state index is -0.961. The van der Waals surface area contributed by atoms with Crippen molar-refractivity contribution in [2.24, 2.45) is 0 Å². The minimum Gasteiger partial charge on any atom is -0.501 e. The molecule has 0 radical (unpaired) electrons. The van der Waals surface area contributed by atoms with Crippen molar-refractivity contribution in [1.29, 1.82) is 0 Å². The molecule has 1 aromatic rings. The van der Waals surface area contributed by atoms with Gasteiger partial charge in [0.1, 0.15) is 12.4 Å². The molecule has 0 aromatic heterocycles. The number of hydrogen-bond donors (Lipinski definition) is 1.